The number of nitriles is 1. The second-order valence-corrected chi connectivity index (χ2v) is 9.59. The predicted molar refractivity (Wildman–Crippen MR) is 129 cm³/mol. The quantitative estimate of drug-likeness (QED) is 0.496. The fourth-order valence-corrected chi connectivity index (χ4v) is 4.30. The average molecular weight is 443 g/mol. The van der Waals surface area contributed by atoms with Crippen molar-refractivity contribution in [1.82, 2.24) is 4.90 Å². The predicted octanol–water partition coefficient (Wildman–Crippen LogP) is 6.02. The first-order valence-corrected chi connectivity index (χ1v) is 11.4. The molecule has 3 aromatic rings. The summed E-state index contributed by atoms with van der Waals surface area (Å²) in [6.07, 6.45) is 0.291. The van der Waals surface area contributed by atoms with Crippen LogP contribution in [-0.2, 0) is 16.1 Å². The van der Waals surface area contributed by atoms with Gasteiger partial charge in [0.15, 0.2) is 0 Å². The van der Waals surface area contributed by atoms with Gasteiger partial charge >= 0.3 is 6.09 Å². The summed E-state index contributed by atoms with van der Waals surface area (Å²) >= 11 is 0. The van der Waals surface area contributed by atoms with Gasteiger partial charge in [-0.05, 0) is 67.3 Å². The van der Waals surface area contributed by atoms with E-state index in [0.717, 1.165) is 17.5 Å². The van der Waals surface area contributed by atoms with Crippen LogP contribution in [0.4, 0.5) is 4.79 Å². The van der Waals surface area contributed by atoms with E-state index in [1.165, 1.54) is 10.8 Å². The van der Waals surface area contributed by atoms with Crippen LogP contribution in [0.1, 0.15) is 49.8 Å². The van der Waals surface area contributed by atoms with Gasteiger partial charge in [0.25, 0.3) is 0 Å². The molecule has 1 saturated heterocycles. The largest absolute Gasteiger partial charge is 0.444 e. The zero-order valence-corrected chi connectivity index (χ0v) is 19.5. The highest BCUT2D eigenvalue weighted by Crippen LogP contribution is 2.32. The second kappa shape index (κ2) is 9.64. The maximum Gasteiger partial charge on any atom is 0.410 e. The molecule has 0 aromatic heterocycles. The molecule has 33 heavy (non-hydrogen) atoms. The minimum absolute atomic E-state index is 0.136. The Morgan fingerprint density at radius 3 is 2.48 bits per heavy atom. The van der Waals surface area contributed by atoms with Gasteiger partial charge < -0.3 is 14.4 Å². The summed E-state index contributed by atoms with van der Waals surface area (Å²) < 4.78 is 12.0. The number of carbonyl (C=O) groups excluding carboxylic acids is 1. The third-order valence-electron chi connectivity index (χ3n) is 5.96. The highest BCUT2D eigenvalue weighted by atomic mass is 16.6. The number of benzene rings is 3. The van der Waals surface area contributed by atoms with Gasteiger partial charge in [-0.15, -0.1) is 0 Å². The summed E-state index contributed by atoms with van der Waals surface area (Å²) in [5.74, 6) is 0.136. The van der Waals surface area contributed by atoms with E-state index in [9.17, 15) is 4.79 Å². The number of fused-ring (bicyclic) bond motifs is 1. The highest BCUT2D eigenvalue weighted by Gasteiger charge is 2.35. The van der Waals surface area contributed by atoms with E-state index in [-0.39, 0.29) is 18.1 Å². The molecule has 0 N–H and O–H groups in total. The maximum atomic E-state index is 12.7. The van der Waals surface area contributed by atoms with Crippen molar-refractivity contribution < 1.29 is 14.3 Å². The van der Waals surface area contributed by atoms with Gasteiger partial charge in [-0.25, -0.2) is 4.79 Å². The van der Waals surface area contributed by atoms with E-state index >= 15 is 0 Å². The summed E-state index contributed by atoms with van der Waals surface area (Å²) in [5, 5.41) is 11.5. The third-order valence-corrected chi connectivity index (χ3v) is 5.96. The molecule has 1 fully saturated rings. The number of carbonyl (C=O) groups is 1. The molecule has 0 radical (unpaired) electrons. The molecule has 0 saturated carbocycles. The van der Waals surface area contributed by atoms with E-state index in [1.807, 2.05) is 57.2 Å². The molecule has 4 rings (SSSR count). The smallest absolute Gasteiger partial charge is 0.410 e. The number of ether oxygens (including phenoxy) is 2. The van der Waals surface area contributed by atoms with Crippen molar-refractivity contribution in [3.63, 3.8) is 0 Å². The van der Waals surface area contributed by atoms with Gasteiger partial charge in [0.05, 0.1) is 30.9 Å². The summed E-state index contributed by atoms with van der Waals surface area (Å²) in [6.45, 7) is 7.17. The fourth-order valence-electron chi connectivity index (χ4n) is 4.30. The molecule has 170 valence electrons. The van der Waals surface area contributed by atoms with Crippen molar-refractivity contribution in [1.29, 1.82) is 5.26 Å². The Morgan fingerprint density at radius 2 is 1.79 bits per heavy atom. The lowest BCUT2D eigenvalue weighted by Crippen LogP contribution is -2.48. The molecule has 2 unspecified atom stereocenters. The Labute approximate surface area is 195 Å². The Morgan fingerprint density at radius 1 is 1.06 bits per heavy atom. The van der Waals surface area contributed by atoms with Gasteiger partial charge in [0.2, 0.25) is 0 Å². The van der Waals surface area contributed by atoms with E-state index in [2.05, 4.69) is 36.4 Å². The monoisotopic (exact) mass is 442 g/mol. The molecule has 1 aliphatic heterocycles. The van der Waals surface area contributed by atoms with Crippen LogP contribution in [0.2, 0.25) is 0 Å². The zero-order valence-electron chi connectivity index (χ0n) is 19.5. The molecule has 0 bridgehead atoms. The summed E-state index contributed by atoms with van der Waals surface area (Å²) in [5.41, 5.74) is 2.32. The molecular formula is C28H30N2O3. The first-order valence-electron chi connectivity index (χ1n) is 11.4. The molecule has 1 heterocycles. The van der Waals surface area contributed by atoms with E-state index in [1.54, 1.807) is 4.90 Å². The fraction of sp³-hybridized carbons (Fsp3) is 0.357. The number of hydrogen-bond donors (Lipinski definition) is 0. The van der Waals surface area contributed by atoms with Crippen LogP contribution >= 0.6 is 0 Å². The molecule has 3 aromatic carbocycles. The molecule has 0 spiro atoms. The normalized spacial score (nSPS) is 18.7. The SMILES string of the molecule is CC(C)(C)OC(=O)N1CCC(c2ccc(C#N)cc2)C(OCc2ccc3ccccc3c2)C1. The van der Waals surface area contributed by atoms with Crippen molar-refractivity contribution >= 4 is 16.9 Å². The highest BCUT2D eigenvalue weighted by molar-refractivity contribution is 5.82. The summed E-state index contributed by atoms with van der Waals surface area (Å²) in [4.78, 5) is 14.5. The summed E-state index contributed by atoms with van der Waals surface area (Å²) in [7, 11) is 0. The van der Waals surface area contributed by atoms with Crippen LogP contribution in [0.25, 0.3) is 10.8 Å². The molecule has 0 aliphatic carbocycles. The van der Waals surface area contributed by atoms with Crippen LogP contribution in [0.15, 0.2) is 66.7 Å². The number of rotatable bonds is 4. The minimum atomic E-state index is -0.539. The van der Waals surface area contributed by atoms with E-state index in [4.69, 9.17) is 14.7 Å². The van der Waals surface area contributed by atoms with E-state index in [0.29, 0.717) is 25.3 Å². The van der Waals surface area contributed by atoms with Crippen LogP contribution < -0.4 is 0 Å². The van der Waals surface area contributed by atoms with Crippen molar-refractivity contribution in [3.8, 4) is 6.07 Å². The van der Waals surface area contributed by atoms with Crippen LogP contribution in [-0.4, -0.2) is 35.8 Å². The third kappa shape index (κ3) is 5.71. The molecule has 5 nitrogen and oxygen atoms in total. The van der Waals surface area contributed by atoms with Gasteiger partial charge in [-0.3, -0.25) is 0 Å². The number of hydrogen-bond acceptors (Lipinski definition) is 4. The average Bonchev–Trinajstić information content (AvgIpc) is 2.81. The number of likely N-dealkylation sites (tertiary alicyclic amines) is 1. The number of piperidine rings is 1. The van der Waals surface area contributed by atoms with Crippen molar-refractivity contribution in [2.75, 3.05) is 13.1 Å². The van der Waals surface area contributed by atoms with Gasteiger partial charge in [-0.2, -0.15) is 5.26 Å². The molecule has 1 amide bonds. The Bertz CT molecular complexity index is 1160. The standard InChI is InChI=1S/C28H30N2O3/c1-28(2,3)33-27(31)30-15-14-25(23-12-8-20(17-29)9-13-23)26(18-30)32-19-21-10-11-22-6-4-5-7-24(22)16-21/h4-13,16,25-26H,14-15,18-19H2,1-3H3. The second-order valence-electron chi connectivity index (χ2n) is 9.59. The summed E-state index contributed by atoms with van der Waals surface area (Å²) in [6, 6.07) is 24.5. The maximum absolute atomic E-state index is 12.7. The van der Waals surface area contributed by atoms with E-state index < -0.39 is 5.60 Å². The van der Waals surface area contributed by atoms with Crippen LogP contribution in [0.5, 0.6) is 0 Å². The van der Waals surface area contributed by atoms with Gasteiger partial charge in [0.1, 0.15) is 5.60 Å². The molecule has 1 aliphatic rings. The molecular weight excluding hydrogens is 412 g/mol. The molecule has 2 atom stereocenters. The lowest BCUT2D eigenvalue weighted by Gasteiger charge is -2.39. The lowest BCUT2D eigenvalue weighted by atomic mass is 9.86. The first kappa shape index (κ1) is 22.8. The van der Waals surface area contributed by atoms with Crippen LogP contribution in [0, 0.1) is 11.3 Å². The Balaban J connectivity index is 1.53. The lowest BCUT2D eigenvalue weighted by molar-refractivity contribution is -0.0359. The number of nitrogens with zero attached hydrogens (tertiary/aromatic N) is 2. The van der Waals surface area contributed by atoms with Crippen LogP contribution in [0.3, 0.4) is 0 Å². The number of amides is 1. The Kier molecular flexibility index (Phi) is 6.67. The van der Waals surface area contributed by atoms with Gasteiger partial charge in [-0.1, -0.05) is 48.5 Å². The molecule has 5 heteroatoms. The zero-order chi connectivity index (χ0) is 23.4. The Hall–Kier alpha value is -3.36. The topological polar surface area (TPSA) is 62.6 Å². The van der Waals surface area contributed by atoms with Crippen molar-refractivity contribution in [3.05, 3.63) is 83.4 Å². The van der Waals surface area contributed by atoms with Gasteiger partial charge in [0, 0.05) is 12.5 Å². The van der Waals surface area contributed by atoms with Crippen molar-refractivity contribution in [2.45, 2.75) is 51.4 Å². The first-order chi connectivity index (χ1) is 15.8. The van der Waals surface area contributed by atoms with Crippen molar-refractivity contribution in [2.24, 2.45) is 0 Å². The minimum Gasteiger partial charge on any atom is -0.444 e.